The maximum Gasteiger partial charge on any atom is 0.321 e. The van der Waals surface area contributed by atoms with Crippen molar-refractivity contribution in [1.29, 1.82) is 0 Å². The van der Waals surface area contributed by atoms with E-state index in [2.05, 4.69) is 10.6 Å². The lowest BCUT2D eigenvalue weighted by Gasteiger charge is -2.33. The molecule has 0 bridgehead atoms. The molecule has 16 heavy (non-hydrogen) atoms. The van der Waals surface area contributed by atoms with Crippen LogP contribution in [0.5, 0.6) is 0 Å². The number of aliphatic hydroxyl groups excluding tert-OH is 1. The lowest BCUT2D eigenvalue weighted by atomic mass is 10.1. The second-order valence-electron chi connectivity index (χ2n) is 4.04. The molecule has 1 aliphatic rings. The van der Waals surface area contributed by atoms with Crippen LogP contribution in [-0.2, 0) is 4.79 Å². The largest absolute Gasteiger partial charge is 0.392 e. The number of imide groups is 1. The van der Waals surface area contributed by atoms with Crippen LogP contribution in [0.1, 0.15) is 19.8 Å². The molecule has 0 aromatic rings. The molecule has 2 unspecified atom stereocenters. The fourth-order valence-electron chi connectivity index (χ4n) is 1.78. The minimum atomic E-state index is -0.505. The number of urea groups is 1. The number of β-amino-alcohol motifs (C(OH)–C–C–N with tert-alkyl or cyclic N) is 1. The molecule has 0 aromatic heterocycles. The normalized spacial score (nSPS) is 23.6. The molecule has 1 rings (SSSR count). The Labute approximate surface area is 95.0 Å². The third-order valence-corrected chi connectivity index (χ3v) is 2.82. The number of nitrogens with zero attached hydrogens (tertiary/aromatic N) is 1. The van der Waals surface area contributed by atoms with Crippen LogP contribution in [-0.4, -0.2) is 54.2 Å². The molecule has 3 N–H and O–H groups in total. The fourth-order valence-corrected chi connectivity index (χ4v) is 1.78. The van der Waals surface area contributed by atoms with E-state index in [1.54, 1.807) is 6.92 Å². The number of piperidine rings is 1. The number of hydrogen-bond donors (Lipinski definition) is 3. The quantitative estimate of drug-likeness (QED) is 0.584. The van der Waals surface area contributed by atoms with Gasteiger partial charge in [0, 0.05) is 13.6 Å². The van der Waals surface area contributed by atoms with Gasteiger partial charge in [-0.25, -0.2) is 4.79 Å². The van der Waals surface area contributed by atoms with Gasteiger partial charge in [-0.1, -0.05) is 0 Å². The van der Waals surface area contributed by atoms with Crippen LogP contribution in [0.4, 0.5) is 4.79 Å². The lowest BCUT2D eigenvalue weighted by molar-refractivity contribution is -0.125. The summed E-state index contributed by atoms with van der Waals surface area (Å²) in [6.07, 6.45) is 1.28. The zero-order chi connectivity index (χ0) is 12.1. The molecule has 0 radical (unpaired) electrons. The Hall–Kier alpha value is -1.14. The summed E-state index contributed by atoms with van der Waals surface area (Å²) < 4.78 is 0. The van der Waals surface area contributed by atoms with Gasteiger partial charge in [0.05, 0.1) is 12.1 Å². The van der Waals surface area contributed by atoms with Gasteiger partial charge in [-0.3, -0.25) is 15.0 Å². The Kier molecular flexibility index (Phi) is 4.70. The molecule has 3 amide bonds. The molecule has 0 aromatic carbocycles. The predicted molar refractivity (Wildman–Crippen MR) is 58.9 cm³/mol. The standard InChI is InChI=1S/C10H19N3O3/c1-7(9(15)12-10(16)11-2)13-5-3-4-8(14)6-13/h7-8,14H,3-6H2,1-2H3,(H2,11,12,15,16). The van der Waals surface area contributed by atoms with E-state index in [0.717, 1.165) is 19.4 Å². The second kappa shape index (κ2) is 5.81. The van der Waals surface area contributed by atoms with Crippen molar-refractivity contribution in [2.24, 2.45) is 0 Å². The molecule has 0 spiro atoms. The molecule has 2 atom stereocenters. The Morgan fingerprint density at radius 2 is 2.19 bits per heavy atom. The average molecular weight is 229 g/mol. The van der Waals surface area contributed by atoms with E-state index in [9.17, 15) is 14.7 Å². The summed E-state index contributed by atoms with van der Waals surface area (Å²) in [5.41, 5.74) is 0. The first-order chi connectivity index (χ1) is 7.54. The van der Waals surface area contributed by atoms with E-state index in [1.807, 2.05) is 4.90 Å². The van der Waals surface area contributed by atoms with Crippen molar-refractivity contribution in [2.75, 3.05) is 20.1 Å². The molecule has 1 aliphatic heterocycles. The summed E-state index contributed by atoms with van der Waals surface area (Å²) in [6, 6.07) is -0.901. The predicted octanol–water partition coefficient (Wildman–Crippen LogP) is -0.713. The first-order valence-corrected chi connectivity index (χ1v) is 5.49. The van der Waals surface area contributed by atoms with Gasteiger partial charge in [-0.15, -0.1) is 0 Å². The third kappa shape index (κ3) is 3.46. The summed E-state index contributed by atoms with van der Waals surface area (Å²) in [5, 5.41) is 14.0. The molecule has 92 valence electrons. The topological polar surface area (TPSA) is 81.7 Å². The van der Waals surface area contributed by atoms with Crippen LogP contribution in [0.15, 0.2) is 0 Å². The van der Waals surface area contributed by atoms with E-state index in [4.69, 9.17) is 0 Å². The number of rotatable bonds is 2. The first kappa shape index (κ1) is 12.9. The Morgan fingerprint density at radius 3 is 2.75 bits per heavy atom. The summed E-state index contributed by atoms with van der Waals surface area (Å²) in [5.74, 6) is -0.339. The minimum Gasteiger partial charge on any atom is -0.392 e. The molecule has 0 saturated carbocycles. The van der Waals surface area contributed by atoms with Crippen LogP contribution < -0.4 is 10.6 Å². The molecular weight excluding hydrogens is 210 g/mol. The van der Waals surface area contributed by atoms with Crippen LogP contribution in [0.3, 0.4) is 0 Å². The van der Waals surface area contributed by atoms with Gasteiger partial charge in [-0.2, -0.15) is 0 Å². The van der Waals surface area contributed by atoms with Gasteiger partial charge < -0.3 is 10.4 Å². The van der Waals surface area contributed by atoms with E-state index < -0.39 is 12.1 Å². The molecule has 6 nitrogen and oxygen atoms in total. The maximum atomic E-state index is 11.6. The van der Waals surface area contributed by atoms with E-state index >= 15 is 0 Å². The zero-order valence-electron chi connectivity index (χ0n) is 9.69. The SMILES string of the molecule is CNC(=O)NC(=O)C(C)N1CCCC(O)C1. The third-order valence-electron chi connectivity index (χ3n) is 2.82. The number of carbonyl (C=O) groups excluding carboxylic acids is 2. The van der Waals surface area contributed by atoms with Gasteiger partial charge in [0.1, 0.15) is 0 Å². The molecule has 1 heterocycles. The van der Waals surface area contributed by atoms with Crippen molar-refractivity contribution in [1.82, 2.24) is 15.5 Å². The fraction of sp³-hybridized carbons (Fsp3) is 0.800. The first-order valence-electron chi connectivity index (χ1n) is 5.49. The highest BCUT2D eigenvalue weighted by Gasteiger charge is 2.26. The number of hydrogen-bond acceptors (Lipinski definition) is 4. The van der Waals surface area contributed by atoms with Crippen molar-refractivity contribution in [2.45, 2.75) is 31.9 Å². The minimum absolute atomic E-state index is 0.339. The maximum absolute atomic E-state index is 11.6. The van der Waals surface area contributed by atoms with Crippen molar-refractivity contribution >= 4 is 11.9 Å². The van der Waals surface area contributed by atoms with Gasteiger partial charge in [0.25, 0.3) is 0 Å². The highest BCUT2D eigenvalue weighted by Crippen LogP contribution is 2.12. The van der Waals surface area contributed by atoms with Gasteiger partial charge >= 0.3 is 6.03 Å². The average Bonchev–Trinajstić information content (AvgIpc) is 2.27. The number of aliphatic hydroxyl groups is 1. The van der Waals surface area contributed by atoms with E-state index in [-0.39, 0.29) is 12.0 Å². The number of likely N-dealkylation sites (tertiary alicyclic amines) is 1. The number of amides is 3. The summed E-state index contributed by atoms with van der Waals surface area (Å²) in [4.78, 5) is 24.5. The highest BCUT2D eigenvalue weighted by atomic mass is 16.3. The Balaban J connectivity index is 2.46. The van der Waals surface area contributed by atoms with Crippen LogP contribution >= 0.6 is 0 Å². The van der Waals surface area contributed by atoms with Crippen molar-refractivity contribution < 1.29 is 14.7 Å². The number of carbonyl (C=O) groups is 2. The highest BCUT2D eigenvalue weighted by molar-refractivity contribution is 5.96. The molecule has 1 saturated heterocycles. The molecule has 1 fully saturated rings. The summed E-state index contributed by atoms with van der Waals surface area (Å²) >= 11 is 0. The monoisotopic (exact) mass is 229 g/mol. The summed E-state index contributed by atoms with van der Waals surface area (Å²) in [6.45, 7) is 3.00. The molecular formula is C10H19N3O3. The second-order valence-corrected chi connectivity index (χ2v) is 4.04. The van der Waals surface area contributed by atoms with Crippen molar-refractivity contribution in [3.8, 4) is 0 Å². The van der Waals surface area contributed by atoms with Gasteiger partial charge in [-0.05, 0) is 26.3 Å². The molecule has 6 heteroatoms. The molecule has 0 aliphatic carbocycles. The number of nitrogens with one attached hydrogen (secondary N) is 2. The van der Waals surface area contributed by atoms with Crippen LogP contribution in [0, 0.1) is 0 Å². The van der Waals surface area contributed by atoms with Gasteiger partial charge in [0.15, 0.2) is 0 Å². The van der Waals surface area contributed by atoms with E-state index in [1.165, 1.54) is 7.05 Å². The summed E-state index contributed by atoms with van der Waals surface area (Å²) in [7, 11) is 1.46. The van der Waals surface area contributed by atoms with Crippen molar-refractivity contribution in [3.63, 3.8) is 0 Å². The van der Waals surface area contributed by atoms with E-state index in [0.29, 0.717) is 6.54 Å². The Bertz CT molecular complexity index is 270. The van der Waals surface area contributed by atoms with Crippen LogP contribution in [0.2, 0.25) is 0 Å². The lowest BCUT2D eigenvalue weighted by Crippen LogP contribution is -2.52. The Morgan fingerprint density at radius 1 is 1.50 bits per heavy atom. The van der Waals surface area contributed by atoms with Gasteiger partial charge in [0.2, 0.25) is 5.91 Å². The van der Waals surface area contributed by atoms with Crippen molar-refractivity contribution in [3.05, 3.63) is 0 Å². The smallest absolute Gasteiger partial charge is 0.321 e. The van der Waals surface area contributed by atoms with Crippen LogP contribution in [0.25, 0.3) is 0 Å². The zero-order valence-corrected chi connectivity index (χ0v) is 9.69.